The Morgan fingerprint density at radius 1 is 1.25 bits per heavy atom. The van der Waals surface area contributed by atoms with Gasteiger partial charge in [0.05, 0.1) is 18.1 Å². The van der Waals surface area contributed by atoms with E-state index >= 15 is 0 Å². The van der Waals surface area contributed by atoms with E-state index in [2.05, 4.69) is 4.90 Å². The average Bonchev–Trinajstić information content (AvgIpc) is 2.48. The molecule has 0 aliphatic carbocycles. The second-order valence-electron chi connectivity index (χ2n) is 4.78. The Hall–Kier alpha value is -1.79. The number of rotatable bonds is 6. The van der Waals surface area contributed by atoms with E-state index in [0.29, 0.717) is 12.0 Å². The van der Waals surface area contributed by atoms with Crippen LogP contribution in [0.25, 0.3) is 0 Å². The first-order chi connectivity index (χ1) is 9.66. The van der Waals surface area contributed by atoms with Crippen LogP contribution < -0.4 is 0 Å². The highest BCUT2D eigenvalue weighted by Gasteiger charge is 2.12. The third kappa shape index (κ3) is 4.11. The van der Waals surface area contributed by atoms with E-state index in [0.717, 1.165) is 39.3 Å². The van der Waals surface area contributed by atoms with E-state index in [4.69, 9.17) is 4.74 Å². The Kier molecular flexibility index (Phi) is 5.20. The molecule has 0 radical (unpaired) electrons. The lowest BCUT2D eigenvalue weighted by molar-refractivity contribution is -0.384. The molecule has 2 rings (SSSR count). The molecular formula is C14H18N2O4. The van der Waals surface area contributed by atoms with E-state index in [-0.39, 0.29) is 11.5 Å². The molecule has 1 fully saturated rings. The maximum Gasteiger partial charge on any atom is 0.269 e. The number of benzene rings is 1. The van der Waals surface area contributed by atoms with Crippen molar-refractivity contribution in [2.24, 2.45) is 0 Å². The third-order valence-corrected chi connectivity index (χ3v) is 3.38. The van der Waals surface area contributed by atoms with Crippen LogP contribution in [0.15, 0.2) is 24.3 Å². The zero-order chi connectivity index (χ0) is 14.4. The van der Waals surface area contributed by atoms with Gasteiger partial charge in [-0.1, -0.05) is 0 Å². The van der Waals surface area contributed by atoms with Crippen LogP contribution in [0.2, 0.25) is 0 Å². The van der Waals surface area contributed by atoms with Crippen LogP contribution in [0.3, 0.4) is 0 Å². The van der Waals surface area contributed by atoms with Gasteiger partial charge in [-0.25, -0.2) is 0 Å². The number of morpholine rings is 1. The number of hydrogen-bond acceptors (Lipinski definition) is 5. The number of non-ortho nitro benzene ring substituents is 1. The summed E-state index contributed by atoms with van der Waals surface area (Å²) in [5, 5.41) is 10.5. The van der Waals surface area contributed by atoms with Crippen molar-refractivity contribution in [1.82, 2.24) is 4.90 Å². The minimum atomic E-state index is -0.466. The summed E-state index contributed by atoms with van der Waals surface area (Å²) < 4.78 is 5.26. The van der Waals surface area contributed by atoms with Crippen LogP contribution in [0.4, 0.5) is 5.69 Å². The Balaban J connectivity index is 1.77. The molecule has 0 amide bonds. The molecule has 1 aromatic rings. The molecule has 0 atom stereocenters. The first-order valence-corrected chi connectivity index (χ1v) is 6.74. The number of Topliss-reactive ketones (excluding diaryl/α,β-unsaturated/α-hetero) is 1. The van der Waals surface area contributed by atoms with Crippen LogP contribution in [0.1, 0.15) is 23.2 Å². The molecule has 6 heteroatoms. The molecule has 1 aromatic carbocycles. The number of carbonyl (C=O) groups excluding carboxylic acids is 1. The Morgan fingerprint density at radius 2 is 1.90 bits per heavy atom. The molecule has 0 N–H and O–H groups in total. The highest BCUT2D eigenvalue weighted by molar-refractivity contribution is 5.96. The molecule has 1 heterocycles. The summed E-state index contributed by atoms with van der Waals surface area (Å²) in [4.78, 5) is 24.3. The van der Waals surface area contributed by atoms with Gasteiger partial charge in [0.15, 0.2) is 5.78 Å². The fourth-order valence-electron chi connectivity index (χ4n) is 2.20. The first kappa shape index (κ1) is 14.6. The van der Waals surface area contributed by atoms with Crippen molar-refractivity contribution in [3.63, 3.8) is 0 Å². The van der Waals surface area contributed by atoms with E-state index in [1.807, 2.05) is 0 Å². The second kappa shape index (κ2) is 7.12. The monoisotopic (exact) mass is 278 g/mol. The zero-order valence-corrected chi connectivity index (χ0v) is 11.3. The fourth-order valence-corrected chi connectivity index (χ4v) is 2.20. The highest BCUT2D eigenvalue weighted by atomic mass is 16.6. The molecule has 0 bridgehead atoms. The molecule has 1 saturated heterocycles. The lowest BCUT2D eigenvalue weighted by atomic mass is 10.1. The largest absolute Gasteiger partial charge is 0.379 e. The van der Waals surface area contributed by atoms with Crippen molar-refractivity contribution in [3.8, 4) is 0 Å². The Labute approximate surface area is 117 Å². The molecule has 1 aliphatic heterocycles. The minimum absolute atomic E-state index is 0.00914. The fraction of sp³-hybridized carbons (Fsp3) is 0.500. The van der Waals surface area contributed by atoms with Crippen molar-refractivity contribution >= 4 is 11.5 Å². The van der Waals surface area contributed by atoms with Gasteiger partial charge in [0.25, 0.3) is 5.69 Å². The molecule has 0 spiro atoms. The summed E-state index contributed by atoms with van der Waals surface area (Å²) in [6, 6.07) is 5.79. The van der Waals surface area contributed by atoms with Crippen LogP contribution in [-0.4, -0.2) is 48.5 Å². The maximum absolute atomic E-state index is 12.0. The van der Waals surface area contributed by atoms with Gasteiger partial charge in [0.1, 0.15) is 0 Å². The molecule has 6 nitrogen and oxygen atoms in total. The molecule has 108 valence electrons. The number of nitro benzene ring substituents is 1. The van der Waals surface area contributed by atoms with Gasteiger partial charge >= 0.3 is 0 Å². The molecular weight excluding hydrogens is 260 g/mol. The van der Waals surface area contributed by atoms with Crippen LogP contribution in [0.5, 0.6) is 0 Å². The third-order valence-electron chi connectivity index (χ3n) is 3.38. The van der Waals surface area contributed by atoms with Crippen LogP contribution in [-0.2, 0) is 4.74 Å². The molecule has 0 unspecified atom stereocenters. The number of ether oxygens (including phenoxy) is 1. The molecule has 20 heavy (non-hydrogen) atoms. The smallest absolute Gasteiger partial charge is 0.269 e. The van der Waals surface area contributed by atoms with Crippen molar-refractivity contribution in [1.29, 1.82) is 0 Å². The number of hydrogen-bond donors (Lipinski definition) is 0. The first-order valence-electron chi connectivity index (χ1n) is 6.74. The summed E-state index contributed by atoms with van der Waals surface area (Å²) >= 11 is 0. The van der Waals surface area contributed by atoms with Gasteiger partial charge in [0, 0.05) is 37.2 Å². The predicted molar refractivity (Wildman–Crippen MR) is 73.9 cm³/mol. The normalized spacial score (nSPS) is 16.0. The number of carbonyl (C=O) groups is 1. The predicted octanol–water partition coefficient (Wildman–Crippen LogP) is 1.89. The lowest BCUT2D eigenvalue weighted by Gasteiger charge is -2.26. The van der Waals surface area contributed by atoms with Gasteiger partial charge in [-0.05, 0) is 25.1 Å². The quantitative estimate of drug-likeness (QED) is 0.451. The highest BCUT2D eigenvalue weighted by Crippen LogP contribution is 2.14. The minimum Gasteiger partial charge on any atom is -0.379 e. The second-order valence-corrected chi connectivity index (χ2v) is 4.78. The zero-order valence-electron chi connectivity index (χ0n) is 11.3. The Bertz CT molecular complexity index is 467. The van der Waals surface area contributed by atoms with E-state index in [1.54, 1.807) is 0 Å². The number of ketones is 1. The Morgan fingerprint density at radius 3 is 2.50 bits per heavy atom. The van der Waals surface area contributed by atoms with Crippen LogP contribution >= 0.6 is 0 Å². The van der Waals surface area contributed by atoms with Crippen molar-refractivity contribution in [2.45, 2.75) is 12.8 Å². The maximum atomic E-state index is 12.0. The summed E-state index contributed by atoms with van der Waals surface area (Å²) in [6.07, 6.45) is 1.27. The number of nitrogens with zero attached hydrogens (tertiary/aromatic N) is 2. The summed E-state index contributed by atoms with van der Waals surface area (Å²) in [5.41, 5.74) is 0.549. The molecule has 1 aliphatic rings. The van der Waals surface area contributed by atoms with Crippen molar-refractivity contribution in [2.75, 3.05) is 32.8 Å². The summed E-state index contributed by atoms with van der Waals surface area (Å²) in [5.74, 6) is 0.0353. The van der Waals surface area contributed by atoms with E-state index in [1.165, 1.54) is 24.3 Å². The number of nitro groups is 1. The van der Waals surface area contributed by atoms with Crippen molar-refractivity contribution < 1.29 is 14.5 Å². The van der Waals surface area contributed by atoms with Gasteiger partial charge < -0.3 is 4.74 Å². The van der Waals surface area contributed by atoms with Gasteiger partial charge in [-0.2, -0.15) is 0 Å². The van der Waals surface area contributed by atoms with E-state index in [9.17, 15) is 14.9 Å². The van der Waals surface area contributed by atoms with Crippen molar-refractivity contribution in [3.05, 3.63) is 39.9 Å². The summed E-state index contributed by atoms with van der Waals surface area (Å²) in [7, 11) is 0. The van der Waals surface area contributed by atoms with Gasteiger partial charge in [-0.15, -0.1) is 0 Å². The standard InChI is InChI=1S/C14H18N2O4/c17-14(2-1-7-15-8-10-20-11-9-15)12-3-5-13(6-4-12)16(18)19/h3-6H,1-2,7-11H2. The van der Waals surface area contributed by atoms with E-state index < -0.39 is 4.92 Å². The van der Waals surface area contributed by atoms with Crippen LogP contribution in [0, 0.1) is 10.1 Å². The SMILES string of the molecule is O=C(CCCN1CCOCC1)c1ccc([N+](=O)[O-])cc1. The summed E-state index contributed by atoms with van der Waals surface area (Å²) in [6.45, 7) is 4.26. The van der Waals surface area contributed by atoms with Gasteiger partial charge in [0.2, 0.25) is 0 Å². The lowest BCUT2D eigenvalue weighted by Crippen LogP contribution is -2.36. The molecule has 0 aromatic heterocycles. The average molecular weight is 278 g/mol. The topological polar surface area (TPSA) is 72.7 Å². The van der Waals surface area contributed by atoms with Gasteiger partial charge in [-0.3, -0.25) is 19.8 Å². The molecule has 0 saturated carbocycles.